The van der Waals surface area contributed by atoms with Gasteiger partial charge in [0.2, 0.25) is 5.91 Å². The molecule has 0 unspecified atom stereocenters. The Morgan fingerprint density at radius 3 is 2.85 bits per heavy atom. The van der Waals surface area contributed by atoms with Crippen LogP contribution in [0, 0.1) is 5.82 Å². The first-order valence-electron chi connectivity index (χ1n) is 6.09. The lowest BCUT2D eigenvalue weighted by Crippen LogP contribution is -2.20. The quantitative estimate of drug-likeness (QED) is 0.805. The highest BCUT2D eigenvalue weighted by Crippen LogP contribution is 2.24. The maximum atomic E-state index is 12.9. The first-order valence-corrected chi connectivity index (χ1v) is 6.97. The van der Waals surface area contributed by atoms with Gasteiger partial charge in [-0.25, -0.2) is 9.37 Å². The van der Waals surface area contributed by atoms with Crippen LogP contribution in [0.4, 0.5) is 4.39 Å². The first-order chi connectivity index (χ1) is 9.67. The van der Waals surface area contributed by atoms with Gasteiger partial charge < -0.3 is 5.32 Å². The molecule has 0 aliphatic rings. The Morgan fingerprint density at radius 1 is 1.40 bits per heavy atom. The van der Waals surface area contributed by atoms with Crippen LogP contribution in [0.15, 0.2) is 35.8 Å². The van der Waals surface area contributed by atoms with Gasteiger partial charge in [-0.3, -0.25) is 9.20 Å². The van der Waals surface area contributed by atoms with E-state index in [9.17, 15) is 9.18 Å². The Kier molecular flexibility index (Phi) is 3.23. The second kappa shape index (κ2) is 5.05. The van der Waals surface area contributed by atoms with Gasteiger partial charge in [-0.2, -0.15) is 0 Å². The van der Waals surface area contributed by atoms with Gasteiger partial charge in [0.15, 0.2) is 4.96 Å². The van der Waals surface area contributed by atoms with Gasteiger partial charge >= 0.3 is 0 Å². The predicted molar refractivity (Wildman–Crippen MR) is 76.2 cm³/mol. The van der Waals surface area contributed by atoms with Gasteiger partial charge in [-0.05, 0) is 24.3 Å². The summed E-state index contributed by atoms with van der Waals surface area (Å²) in [7, 11) is 1.61. The van der Waals surface area contributed by atoms with Crippen LogP contribution in [-0.4, -0.2) is 22.3 Å². The zero-order chi connectivity index (χ0) is 14.1. The minimum absolute atomic E-state index is 0.0401. The van der Waals surface area contributed by atoms with E-state index in [0.29, 0.717) is 6.42 Å². The van der Waals surface area contributed by atoms with Crippen molar-refractivity contribution in [3.63, 3.8) is 0 Å². The number of hydrogen-bond acceptors (Lipinski definition) is 3. The molecule has 0 atom stereocenters. The minimum atomic E-state index is -0.268. The number of aromatic nitrogens is 2. The predicted octanol–water partition coefficient (Wildman–Crippen LogP) is 2.49. The highest BCUT2D eigenvalue weighted by Gasteiger charge is 2.11. The van der Waals surface area contributed by atoms with E-state index in [1.54, 1.807) is 19.2 Å². The van der Waals surface area contributed by atoms with E-state index >= 15 is 0 Å². The summed E-state index contributed by atoms with van der Waals surface area (Å²) in [6.45, 7) is 0. The van der Waals surface area contributed by atoms with Gasteiger partial charge in [-0.1, -0.05) is 0 Å². The lowest BCUT2D eigenvalue weighted by Gasteiger charge is -1.98. The third-order valence-corrected chi connectivity index (χ3v) is 3.93. The van der Waals surface area contributed by atoms with Gasteiger partial charge in [0.25, 0.3) is 0 Å². The molecule has 0 bridgehead atoms. The van der Waals surface area contributed by atoms with Crippen LogP contribution in [0.25, 0.3) is 16.2 Å². The Morgan fingerprint density at radius 2 is 2.15 bits per heavy atom. The molecule has 0 saturated carbocycles. The van der Waals surface area contributed by atoms with Crippen LogP contribution in [0.5, 0.6) is 0 Å². The minimum Gasteiger partial charge on any atom is -0.359 e. The molecule has 3 aromatic rings. The molecule has 0 saturated heterocycles. The van der Waals surface area contributed by atoms with Gasteiger partial charge in [0.1, 0.15) is 5.82 Å². The fourth-order valence-electron chi connectivity index (χ4n) is 1.97. The molecule has 0 aliphatic carbocycles. The van der Waals surface area contributed by atoms with E-state index in [0.717, 1.165) is 21.9 Å². The van der Waals surface area contributed by atoms with Crippen LogP contribution in [0.2, 0.25) is 0 Å². The maximum Gasteiger partial charge on any atom is 0.225 e. The van der Waals surface area contributed by atoms with Crippen LogP contribution >= 0.6 is 11.3 Å². The van der Waals surface area contributed by atoms with E-state index < -0.39 is 0 Å². The van der Waals surface area contributed by atoms with E-state index in [-0.39, 0.29) is 11.7 Å². The molecule has 2 heterocycles. The Bertz CT molecular complexity index is 760. The number of fused-ring (bicyclic) bond motifs is 1. The molecule has 0 radical (unpaired) electrons. The molecule has 1 amide bonds. The third kappa shape index (κ3) is 2.30. The van der Waals surface area contributed by atoms with Crippen LogP contribution < -0.4 is 5.32 Å². The van der Waals surface area contributed by atoms with Gasteiger partial charge in [0.05, 0.1) is 12.1 Å². The molecule has 1 N–H and O–H groups in total. The standard InChI is InChI=1S/C14H12FN3OS/c1-16-13(19)6-11-8-20-14-17-12(7-18(11)14)9-2-4-10(15)5-3-9/h2-5,7-8H,6H2,1H3,(H,16,19). The second-order valence-corrected chi connectivity index (χ2v) is 5.20. The molecule has 3 rings (SSSR count). The average Bonchev–Trinajstić information content (AvgIpc) is 3.01. The zero-order valence-corrected chi connectivity index (χ0v) is 11.6. The molecule has 20 heavy (non-hydrogen) atoms. The largest absolute Gasteiger partial charge is 0.359 e. The molecule has 1 aromatic carbocycles. The summed E-state index contributed by atoms with van der Waals surface area (Å²) in [5, 5.41) is 4.53. The van der Waals surface area contributed by atoms with Crippen molar-refractivity contribution in [2.45, 2.75) is 6.42 Å². The highest BCUT2D eigenvalue weighted by molar-refractivity contribution is 7.15. The van der Waals surface area contributed by atoms with E-state index in [4.69, 9.17) is 0 Å². The fraction of sp³-hybridized carbons (Fsp3) is 0.143. The maximum absolute atomic E-state index is 12.9. The number of nitrogens with zero attached hydrogens (tertiary/aromatic N) is 2. The van der Waals surface area contributed by atoms with Gasteiger partial charge in [0, 0.05) is 29.9 Å². The number of rotatable bonds is 3. The number of imidazole rings is 1. The normalized spacial score (nSPS) is 10.9. The SMILES string of the molecule is CNC(=O)Cc1csc2nc(-c3ccc(F)cc3)cn12. The number of benzene rings is 1. The first kappa shape index (κ1) is 12.8. The molecule has 4 nitrogen and oxygen atoms in total. The van der Waals surface area contributed by atoms with E-state index in [1.807, 2.05) is 16.0 Å². The number of hydrogen-bond donors (Lipinski definition) is 1. The number of nitrogens with one attached hydrogen (secondary N) is 1. The van der Waals surface area contributed by atoms with Crippen molar-refractivity contribution in [3.8, 4) is 11.3 Å². The molecule has 2 aromatic heterocycles. The molecule has 0 fully saturated rings. The van der Waals surface area contributed by atoms with Crippen molar-refractivity contribution < 1.29 is 9.18 Å². The summed E-state index contributed by atoms with van der Waals surface area (Å²) in [6.07, 6.45) is 2.19. The third-order valence-electron chi connectivity index (χ3n) is 3.04. The monoisotopic (exact) mass is 289 g/mol. The molecular formula is C14H12FN3OS. The number of amides is 1. The van der Waals surface area contributed by atoms with E-state index in [2.05, 4.69) is 10.3 Å². The van der Waals surface area contributed by atoms with Crippen molar-refractivity contribution in [1.82, 2.24) is 14.7 Å². The number of carbonyl (C=O) groups is 1. The fourth-order valence-corrected chi connectivity index (χ4v) is 2.84. The van der Waals surface area contributed by atoms with Crippen molar-refractivity contribution in [3.05, 3.63) is 47.4 Å². The summed E-state index contributed by atoms with van der Waals surface area (Å²) in [5.41, 5.74) is 2.52. The van der Waals surface area contributed by atoms with Crippen molar-refractivity contribution in [1.29, 1.82) is 0 Å². The highest BCUT2D eigenvalue weighted by atomic mass is 32.1. The van der Waals surface area contributed by atoms with Crippen molar-refractivity contribution >= 4 is 22.2 Å². The molecule has 6 heteroatoms. The molecular weight excluding hydrogens is 277 g/mol. The molecule has 0 aliphatic heterocycles. The Balaban J connectivity index is 1.98. The van der Waals surface area contributed by atoms with Crippen molar-refractivity contribution in [2.24, 2.45) is 0 Å². The number of likely N-dealkylation sites (N-methyl/N-ethyl adjacent to an activating group) is 1. The smallest absolute Gasteiger partial charge is 0.225 e. The Labute approximate surface area is 118 Å². The molecule has 0 spiro atoms. The summed E-state index contributed by atoms with van der Waals surface area (Å²) < 4.78 is 14.8. The zero-order valence-electron chi connectivity index (χ0n) is 10.8. The summed E-state index contributed by atoms with van der Waals surface area (Å²) in [5.74, 6) is -0.309. The summed E-state index contributed by atoms with van der Waals surface area (Å²) in [6, 6.07) is 6.21. The Hall–Kier alpha value is -2.21. The van der Waals surface area contributed by atoms with E-state index in [1.165, 1.54) is 23.5 Å². The summed E-state index contributed by atoms with van der Waals surface area (Å²) >= 11 is 1.48. The molecule has 102 valence electrons. The van der Waals surface area contributed by atoms with Crippen LogP contribution in [0.1, 0.15) is 5.69 Å². The average molecular weight is 289 g/mol. The lowest BCUT2D eigenvalue weighted by molar-refractivity contribution is -0.120. The summed E-state index contributed by atoms with van der Waals surface area (Å²) in [4.78, 5) is 16.8. The second-order valence-electron chi connectivity index (χ2n) is 4.36. The van der Waals surface area contributed by atoms with Gasteiger partial charge in [-0.15, -0.1) is 11.3 Å². The topological polar surface area (TPSA) is 46.4 Å². The van der Waals surface area contributed by atoms with Crippen LogP contribution in [0.3, 0.4) is 0 Å². The lowest BCUT2D eigenvalue weighted by atomic mass is 10.2. The number of carbonyl (C=O) groups excluding carboxylic acids is 1. The van der Waals surface area contributed by atoms with Crippen LogP contribution in [-0.2, 0) is 11.2 Å². The van der Waals surface area contributed by atoms with Crippen molar-refractivity contribution in [2.75, 3.05) is 7.05 Å². The number of halogens is 1. The number of thiazole rings is 1.